The fourth-order valence-electron chi connectivity index (χ4n) is 3.48. The van der Waals surface area contributed by atoms with Crippen molar-refractivity contribution in [1.29, 1.82) is 0 Å². The van der Waals surface area contributed by atoms with Gasteiger partial charge in [0.25, 0.3) is 0 Å². The van der Waals surface area contributed by atoms with Crippen molar-refractivity contribution in [3.05, 3.63) is 12.2 Å². The van der Waals surface area contributed by atoms with Gasteiger partial charge in [-0.15, -0.1) is 0 Å². The van der Waals surface area contributed by atoms with Gasteiger partial charge in [-0.05, 0) is 26.2 Å². The summed E-state index contributed by atoms with van der Waals surface area (Å²) in [7, 11) is 0. The molecule has 0 aromatic heterocycles. The van der Waals surface area contributed by atoms with Crippen LogP contribution in [0.5, 0.6) is 0 Å². The summed E-state index contributed by atoms with van der Waals surface area (Å²) < 4.78 is 5.12. The minimum atomic E-state index is -1.02. The third-order valence-electron chi connectivity index (χ3n) is 5.05. The van der Waals surface area contributed by atoms with E-state index in [4.69, 9.17) is 4.74 Å². The standard InChI is InChI=1S/C21H34O5.Na/c1-16(22)14-12-10-8-6-4-3-5-7-9-11-13-15-18-19(20(23)24)17(2)21(25)26-18;/h18-19H,2-15H2,1H3,(H,23,24);/q;+1/t18?,19-;/m0./s1. The summed E-state index contributed by atoms with van der Waals surface area (Å²) in [6.45, 7) is 5.19. The van der Waals surface area contributed by atoms with Gasteiger partial charge in [0.2, 0.25) is 0 Å². The fourth-order valence-corrected chi connectivity index (χ4v) is 3.48. The number of Topliss-reactive ketones (excluding diaryl/α,β-unsaturated/α-hetero) is 1. The largest absolute Gasteiger partial charge is 1.00 e. The second-order valence-electron chi connectivity index (χ2n) is 7.41. The van der Waals surface area contributed by atoms with Gasteiger partial charge < -0.3 is 14.6 Å². The second-order valence-corrected chi connectivity index (χ2v) is 7.41. The van der Waals surface area contributed by atoms with Crippen LogP contribution in [0.4, 0.5) is 0 Å². The van der Waals surface area contributed by atoms with Crippen molar-refractivity contribution in [2.45, 2.75) is 96.5 Å². The molecule has 1 aliphatic heterocycles. The third kappa shape index (κ3) is 11.1. The van der Waals surface area contributed by atoms with E-state index in [1.807, 2.05) is 0 Å². The minimum absolute atomic E-state index is 0. The Morgan fingerprint density at radius 3 is 1.81 bits per heavy atom. The quantitative estimate of drug-likeness (QED) is 0.200. The SMILES string of the molecule is C=C1C(=O)OC(CCCCCCCCCCCCCC(C)=O)[C@H]1C(=O)O.[Na+]. The summed E-state index contributed by atoms with van der Waals surface area (Å²) in [6.07, 6.45) is 13.5. The molecule has 0 spiro atoms. The van der Waals surface area contributed by atoms with Crippen LogP contribution in [-0.2, 0) is 19.1 Å². The first-order valence-corrected chi connectivity index (χ1v) is 10.1. The number of cyclic esters (lactones) is 1. The van der Waals surface area contributed by atoms with Crippen LogP contribution in [0, 0.1) is 5.92 Å². The Labute approximate surface area is 185 Å². The number of carbonyl (C=O) groups is 3. The summed E-state index contributed by atoms with van der Waals surface area (Å²) in [5.41, 5.74) is 0.0730. The molecule has 1 N–H and O–H groups in total. The van der Waals surface area contributed by atoms with E-state index < -0.39 is 24.0 Å². The molecule has 0 radical (unpaired) electrons. The molecule has 1 rings (SSSR count). The summed E-state index contributed by atoms with van der Waals surface area (Å²) in [5.74, 6) is -2.17. The Balaban J connectivity index is 0.00000676. The smallest absolute Gasteiger partial charge is 0.481 e. The van der Waals surface area contributed by atoms with Crippen LogP contribution in [0.2, 0.25) is 0 Å². The van der Waals surface area contributed by atoms with Gasteiger partial charge in [0, 0.05) is 12.0 Å². The van der Waals surface area contributed by atoms with Crippen LogP contribution in [0.3, 0.4) is 0 Å². The number of ether oxygens (including phenoxy) is 1. The van der Waals surface area contributed by atoms with Gasteiger partial charge in [-0.25, -0.2) is 4.79 Å². The first kappa shape index (κ1) is 26.4. The number of carboxylic acids is 1. The number of hydrogen-bond donors (Lipinski definition) is 1. The van der Waals surface area contributed by atoms with E-state index in [9.17, 15) is 19.5 Å². The molecular formula is C21H34NaO5+. The van der Waals surface area contributed by atoms with Crippen molar-refractivity contribution >= 4 is 17.7 Å². The molecule has 1 aliphatic rings. The molecule has 1 unspecified atom stereocenters. The van der Waals surface area contributed by atoms with E-state index in [0.29, 0.717) is 12.2 Å². The maximum atomic E-state index is 11.4. The molecule has 6 heteroatoms. The number of carbonyl (C=O) groups excluding carboxylic acids is 2. The molecule has 0 bridgehead atoms. The molecular weight excluding hydrogens is 355 g/mol. The zero-order valence-electron chi connectivity index (χ0n) is 17.1. The van der Waals surface area contributed by atoms with Gasteiger partial charge in [0.15, 0.2) is 0 Å². The Kier molecular flexibility index (Phi) is 14.9. The summed E-state index contributed by atoms with van der Waals surface area (Å²) in [6, 6.07) is 0. The molecule has 1 fully saturated rings. The Morgan fingerprint density at radius 2 is 1.37 bits per heavy atom. The van der Waals surface area contributed by atoms with Crippen molar-refractivity contribution in [2.75, 3.05) is 0 Å². The van der Waals surface area contributed by atoms with Gasteiger partial charge >= 0.3 is 41.5 Å². The van der Waals surface area contributed by atoms with Gasteiger partial charge in [-0.1, -0.05) is 64.4 Å². The summed E-state index contributed by atoms with van der Waals surface area (Å²) in [4.78, 5) is 33.5. The number of esters is 1. The van der Waals surface area contributed by atoms with Crippen molar-refractivity contribution in [3.8, 4) is 0 Å². The molecule has 5 nitrogen and oxygen atoms in total. The van der Waals surface area contributed by atoms with Crippen molar-refractivity contribution in [3.63, 3.8) is 0 Å². The number of hydrogen-bond acceptors (Lipinski definition) is 4. The average Bonchev–Trinajstić information content (AvgIpc) is 2.86. The molecule has 0 aromatic carbocycles. The predicted molar refractivity (Wildman–Crippen MR) is 101 cm³/mol. The maximum absolute atomic E-state index is 11.4. The number of unbranched alkanes of at least 4 members (excludes halogenated alkanes) is 10. The van der Waals surface area contributed by atoms with E-state index in [0.717, 1.165) is 38.5 Å². The van der Waals surface area contributed by atoms with E-state index >= 15 is 0 Å². The number of carboxylic acid groups (broad SMARTS) is 1. The third-order valence-corrected chi connectivity index (χ3v) is 5.05. The molecule has 0 aliphatic carbocycles. The minimum Gasteiger partial charge on any atom is -0.481 e. The molecule has 148 valence electrons. The first-order chi connectivity index (χ1) is 12.4. The normalized spacial score (nSPS) is 18.9. The number of aliphatic carboxylic acids is 1. The molecule has 0 aromatic rings. The number of rotatable bonds is 15. The van der Waals surface area contributed by atoms with Gasteiger partial charge in [-0.2, -0.15) is 0 Å². The molecule has 1 saturated heterocycles. The molecule has 0 amide bonds. The summed E-state index contributed by atoms with van der Waals surface area (Å²) in [5, 5.41) is 9.18. The van der Waals surface area contributed by atoms with Crippen LogP contribution in [0.15, 0.2) is 12.2 Å². The first-order valence-electron chi connectivity index (χ1n) is 10.1. The Bertz CT molecular complexity index is 489. The Hall–Kier alpha value is -0.650. The van der Waals surface area contributed by atoms with Crippen molar-refractivity contribution in [2.24, 2.45) is 5.92 Å². The Morgan fingerprint density at radius 1 is 0.926 bits per heavy atom. The zero-order chi connectivity index (χ0) is 19.4. The monoisotopic (exact) mass is 389 g/mol. The predicted octanol–water partition coefficient (Wildman–Crippen LogP) is 1.83. The van der Waals surface area contributed by atoms with E-state index in [1.165, 1.54) is 38.5 Å². The van der Waals surface area contributed by atoms with Crippen molar-refractivity contribution < 1.29 is 53.8 Å². The number of ketones is 1. The zero-order valence-corrected chi connectivity index (χ0v) is 19.1. The van der Waals surface area contributed by atoms with E-state index in [2.05, 4.69) is 6.58 Å². The van der Waals surface area contributed by atoms with Crippen LogP contribution in [-0.4, -0.2) is 28.9 Å². The van der Waals surface area contributed by atoms with Crippen LogP contribution < -0.4 is 29.6 Å². The second kappa shape index (κ2) is 15.3. The molecule has 1 heterocycles. The van der Waals surface area contributed by atoms with Crippen molar-refractivity contribution in [1.82, 2.24) is 0 Å². The molecule has 2 atom stereocenters. The molecule has 27 heavy (non-hydrogen) atoms. The van der Waals surface area contributed by atoms with Crippen LogP contribution in [0.1, 0.15) is 90.4 Å². The van der Waals surface area contributed by atoms with Crippen LogP contribution >= 0.6 is 0 Å². The van der Waals surface area contributed by atoms with Gasteiger partial charge in [0.1, 0.15) is 17.8 Å². The topological polar surface area (TPSA) is 80.7 Å². The van der Waals surface area contributed by atoms with Gasteiger partial charge in [-0.3, -0.25) is 4.79 Å². The van der Waals surface area contributed by atoms with E-state index in [-0.39, 0.29) is 35.1 Å². The van der Waals surface area contributed by atoms with Gasteiger partial charge in [0.05, 0.1) is 0 Å². The molecule has 0 saturated carbocycles. The van der Waals surface area contributed by atoms with Crippen LogP contribution in [0.25, 0.3) is 0 Å². The summed E-state index contributed by atoms with van der Waals surface area (Å²) >= 11 is 0. The maximum Gasteiger partial charge on any atom is 1.00 e. The average molecular weight is 389 g/mol. The van der Waals surface area contributed by atoms with E-state index in [1.54, 1.807) is 6.92 Å². The fraction of sp³-hybridized carbons (Fsp3) is 0.762.